The van der Waals surface area contributed by atoms with Crippen molar-refractivity contribution in [1.29, 1.82) is 0 Å². The fourth-order valence-electron chi connectivity index (χ4n) is 2.41. The number of aryl methyl sites for hydroxylation is 1. The molecular weight excluding hydrogens is 278 g/mol. The molecule has 0 fully saturated rings. The van der Waals surface area contributed by atoms with E-state index in [-0.39, 0.29) is 0 Å². The Morgan fingerprint density at radius 2 is 1.86 bits per heavy atom. The highest BCUT2D eigenvalue weighted by molar-refractivity contribution is 6.44. The third-order valence-corrected chi connectivity index (χ3v) is 3.55. The van der Waals surface area contributed by atoms with Crippen LogP contribution in [-0.4, -0.2) is 21.2 Å². The molecule has 2 heterocycles. The molecule has 0 saturated heterocycles. The zero-order chi connectivity index (χ0) is 15.5. The number of para-hydroxylation sites is 1. The molecule has 5 nitrogen and oxygen atoms in total. The molecule has 0 bridgehead atoms. The van der Waals surface area contributed by atoms with E-state index >= 15 is 0 Å². The minimum Gasteiger partial charge on any atom is -0.350 e. The molecule has 1 amide bonds. The molecule has 3 rings (SSSR count). The van der Waals surface area contributed by atoms with Crippen LogP contribution in [0.25, 0.3) is 10.9 Å². The van der Waals surface area contributed by atoms with Crippen LogP contribution in [0.2, 0.25) is 0 Å². The molecule has 0 aliphatic heterocycles. The number of aromatic nitrogens is 2. The monoisotopic (exact) mass is 293 g/mol. The summed E-state index contributed by atoms with van der Waals surface area (Å²) >= 11 is 0. The summed E-state index contributed by atoms with van der Waals surface area (Å²) in [5.41, 5.74) is 2.24. The molecule has 5 heteroatoms. The SMILES string of the molecule is Cn1cc(C(=O)C(=O)NCc2ccncc2)c2ccccc21. The Morgan fingerprint density at radius 3 is 2.64 bits per heavy atom. The maximum absolute atomic E-state index is 12.4. The number of fused-ring (bicyclic) bond motifs is 1. The number of benzene rings is 1. The number of hydrogen-bond acceptors (Lipinski definition) is 3. The Kier molecular flexibility index (Phi) is 3.70. The Balaban J connectivity index is 1.79. The highest BCUT2D eigenvalue weighted by atomic mass is 16.2. The number of ketones is 1. The first-order chi connectivity index (χ1) is 10.7. The van der Waals surface area contributed by atoms with Crippen molar-refractivity contribution in [3.05, 3.63) is 66.1 Å². The van der Waals surface area contributed by atoms with E-state index in [1.807, 2.05) is 35.9 Å². The molecule has 1 N–H and O–H groups in total. The van der Waals surface area contributed by atoms with Gasteiger partial charge < -0.3 is 9.88 Å². The maximum Gasteiger partial charge on any atom is 0.292 e. The van der Waals surface area contributed by atoms with Crippen LogP contribution in [-0.2, 0) is 18.4 Å². The number of pyridine rings is 1. The first-order valence-corrected chi connectivity index (χ1v) is 6.92. The normalized spacial score (nSPS) is 10.6. The van der Waals surface area contributed by atoms with Crippen molar-refractivity contribution in [2.75, 3.05) is 0 Å². The number of carbonyl (C=O) groups is 2. The average molecular weight is 293 g/mol. The highest BCUT2D eigenvalue weighted by Crippen LogP contribution is 2.20. The molecule has 0 spiro atoms. The van der Waals surface area contributed by atoms with Crippen LogP contribution >= 0.6 is 0 Å². The predicted molar refractivity (Wildman–Crippen MR) is 83.3 cm³/mol. The van der Waals surface area contributed by atoms with E-state index in [0.717, 1.165) is 16.5 Å². The van der Waals surface area contributed by atoms with Gasteiger partial charge in [-0.25, -0.2) is 0 Å². The van der Waals surface area contributed by atoms with Gasteiger partial charge in [-0.3, -0.25) is 14.6 Å². The molecule has 2 aromatic heterocycles. The summed E-state index contributed by atoms with van der Waals surface area (Å²) in [6.45, 7) is 0.303. The van der Waals surface area contributed by atoms with Gasteiger partial charge in [0, 0.05) is 43.1 Å². The zero-order valence-electron chi connectivity index (χ0n) is 12.1. The molecule has 0 saturated carbocycles. The Labute approximate surface area is 127 Å². The third-order valence-electron chi connectivity index (χ3n) is 3.55. The summed E-state index contributed by atoms with van der Waals surface area (Å²) < 4.78 is 1.85. The van der Waals surface area contributed by atoms with Crippen molar-refractivity contribution in [3.63, 3.8) is 0 Å². The molecule has 0 radical (unpaired) electrons. The summed E-state index contributed by atoms with van der Waals surface area (Å²) in [4.78, 5) is 28.3. The van der Waals surface area contributed by atoms with Gasteiger partial charge in [0.15, 0.2) is 0 Å². The van der Waals surface area contributed by atoms with E-state index in [9.17, 15) is 9.59 Å². The average Bonchev–Trinajstić information content (AvgIpc) is 2.90. The van der Waals surface area contributed by atoms with Crippen molar-refractivity contribution < 1.29 is 9.59 Å². The van der Waals surface area contributed by atoms with Crippen molar-refractivity contribution in [2.45, 2.75) is 6.54 Å². The summed E-state index contributed by atoms with van der Waals surface area (Å²) in [6.07, 6.45) is 4.99. The van der Waals surface area contributed by atoms with Gasteiger partial charge in [0.25, 0.3) is 11.7 Å². The summed E-state index contributed by atoms with van der Waals surface area (Å²) in [6, 6.07) is 11.1. The van der Waals surface area contributed by atoms with E-state index in [0.29, 0.717) is 12.1 Å². The fourth-order valence-corrected chi connectivity index (χ4v) is 2.41. The van der Waals surface area contributed by atoms with Crippen LogP contribution in [0.1, 0.15) is 15.9 Å². The van der Waals surface area contributed by atoms with Gasteiger partial charge >= 0.3 is 0 Å². The lowest BCUT2D eigenvalue weighted by molar-refractivity contribution is -0.117. The van der Waals surface area contributed by atoms with Crippen molar-refractivity contribution in [2.24, 2.45) is 7.05 Å². The Morgan fingerprint density at radius 1 is 1.14 bits per heavy atom. The zero-order valence-corrected chi connectivity index (χ0v) is 12.1. The lowest BCUT2D eigenvalue weighted by atomic mass is 10.1. The molecule has 110 valence electrons. The lowest BCUT2D eigenvalue weighted by Crippen LogP contribution is -2.30. The first kappa shape index (κ1) is 14.0. The number of hydrogen-bond donors (Lipinski definition) is 1. The van der Waals surface area contributed by atoms with Crippen molar-refractivity contribution >= 4 is 22.6 Å². The molecular formula is C17H15N3O2. The van der Waals surface area contributed by atoms with Gasteiger partial charge in [0.1, 0.15) is 0 Å². The van der Waals surface area contributed by atoms with Gasteiger partial charge in [-0.1, -0.05) is 18.2 Å². The topological polar surface area (TPSA) is 64.0 Å². The second-order valence-electron chi connectivity index (χ2n) is 5.04. The summed E-state index contributed by atoms with van der Waals surface area (Å²) in [5.74, 6) is -1.13. The van der Waals surface area contributed by atoms with E-state index in [4.69, 9.17) is 0 Å². The maximum atomic E-state index is 12.4. The van der Waals surface area contributed by atoms with E-state index in [1.54, 1.807) is 30.7 Å². The van der Waals surface area contributed by atoms with Crippen LogP contribution < -0.4 is 5.32 Å². The van der Waals surface area contributed by atoms with Gasteiger partial charge in [0.05, 0.1) is 5.56 Å². The molecule has 0 aliphatic carbocycles. The Hall–Kier alpha value is -2.95. The number of nitrogens with one attached hydrogen (secondary N) is 1. The molecule has 0 atom stereocenters. The smallest absolute Gasteiger partial charge is 0.292 e. The van der Waals surface area contributed by atoms with E-state index < -0.39 is 11.7 Å². The number of carbonyl (C=O) groups excluding carboxylic acids is 2. The number of rotatable bonds is 4. The van der Waals surface area contributed by atoms with Crippen LogP contribution in [0.4, 0.5) is 0 Å². The fraction of sp³-hybridized carbons (Fsp3) is 0.118. The second-order valence-corrected chi connectivity index (χ2v) is 5.04. The van der Waals surface area contributed by atoms with Gasteiger partial charge in [-0.15, -0.1) is 0 Å². The largest absolute Gasteiger partial charge is 0.350 e. The molecule has 3 aromatic rings. The van der Waals surface area contributed by atoms with Crippen LogP contribution in [0, 0.1) is 0 Å². The quantitative estimate of drug-likeness (QED) is 0.591. The minimum atomic E-state index is -0.604. The molecule has 22 heavy (non-hydrogen) atoms. The second kappa shape index (κ2) is 5.81. The minimum absolute atomic E-state index is 0.303. The van der Waals surface area contributed by atoms with E-state index in [1.165, 1.54) is 0 Å². The predicted octanol–water partition coefficient (Wildman–Crippen LogP) is 2.07. The van der Waals surface area contributed by atoms with Crippen molar-refractivity contribution in [3.8, 4) is 0 Å². The van der Waals surface area contributed by atoms with Crippen molar-refractivity contribution in [1.82, 2.24) is 14.9 Å². The number of Topliss-reactive ketones (excluding diaryl/α,β-unsaturated/α-hetero) is 1. The van der Waals surface area contributed by atoms with E-state index in [2.05, 4.69) is 10.3 Å². The van der Waals surface area contributed by atoms with Crippen LogP contribution in [0.3, 0.4) is 0 Å². The number of amides is 1. The highest BCUT2D eigenvalue weighted by Gasteiger charge is 2.20. The van der Waals surface area contributed by atoms with Gasteiger partial charge in [-0.2, -0.15) is 0 Å². The standard InChI is InChI=1S/C17H15N3O2/c1-20-11-14(13-4-2-3-5-15(13)20)16(21)17(22)19-10-12-6-8-18-9-7-12/h2-9,11H,10H2,1H3,(H,19,22). The third kappa shape index (κ3) is 2.61. The lowest BCUT2D eigenvalue weighted by Gasteiger charge is -2.03. The Bertz CT molecular complexity index is 837. The molecule has 0 aliphatic rings. The number of nitrogens with zero attached hydrogens (tertiary/aromatic N) is 2. The summed E-state index contributed by atoms with van der Waals surface area (Å²) in [5, 5.41) is 3.43. The first-order valence-electron chi connectivity index (χ1n) is 6.92. The molecule has 1 aromatic carbocycles. The van der Waals surface area contributed by atoms with Gasteiger partial charge in [-0.05, 0) is 23.8 Å². The summed E-state index contributed by atoms with van der Waals surface area (Å²) in [7, 11) is 1.86. The van der Waals surface area contributed by atoms with Crippen LogP contribution in [0.15, 0.2) is 55.0 Å². The van der Waals surface area contributed by atoms with Crippen LogP contribution in [0.5, 0.6) is 0 Å². The molecule has 0 unspecified atom stereocenters. The van der Waals surface area contributed by atoms with Gasteiger partial charge in [0.2, 0.25) is 0 Å².